The van der Waals surface area contributed by atoms with Gasteiger partial charge in [0.05, 0.1) is 26.5 Å². The van der Waals surface area contributed by atoms with E-state index in [1.807, 2.05) is 32.0 Å². The predicted octanol–water partition coefficient (Wildman–Crippen LogP) is 4.07. The molecule has 1 fully saturated rings. The number of nitrogens with zero attached hydrogens (tertiary/aromatic N) is 4. The van der Waals surface area contributed by atoms with E-state index in [1.165, 1.54) is 16.0 Å². The van der Waals surface area contributed by atoms with E-state index in [1.54, 1.807) is 30.6 Å². The third kappa shape index (κ3) is 4.42. The maximum Gasteiger partial charge on any atom is 0.274 e. The fourth-order valence-electron chi connectivity index (χ4n) is 3.77. The van der Waals surface area contributed by atoms with Gasteiger partial charge in [-0.05, 0) is 26.3 Å². The van der Waals surface area contributed by atoms with Crippen molar-refractivity contribution in [3.8, 4) is 10.4 Å². The summed E-state index contributed by atoms with van der Waals surface area (Å²) in [6, 6.07) is 8.10. The molecule has 2 aromatic heterocycles. The normalized spacial score (nSPS) is 15.9. The van der Waals surface area contributed by atoms with Crippen LogP contribution in [-0.2, 0) is 7.05 Å². The van der Waals surface area contributed by atoms with Gasteiger partial charge in [-0.15, -0.1) is 23.1 Å². The first kappa shape index (κ1) is 22.8. The van der Waals surface area contributed by atoms with Crippen molar-refractivity contribution in [1.29, 1.82) is 0 Å². The van der Waals surface area contributed by atoms with Crippen LogP contribution in [0.4, 0.5) is 0 Å². The minimum absolute atomic E-state index is 0.106. The van der Waals surface area contributed by atoms with Gasteiger partial charge in [-0.1, -0.05) is 41.4 Å². The fraction of sp³-hybridized carbons (Fsp3) is 0.364. The van der Waals surface area contributed by atoms with Gasteiger partial charge in [-0.25, -0.2) is 4.98 Å². The van der Waals surface area contributed by atoms with Crippen molar-refractivity contribution in [2.45, 2.75) is 26.1 Å². The summed E-state index contributed by atoms with van der Waals surface area (Å²) in [6.07, 6.45) is 0. The van der Waals surface area contributed by atoms with Gasteiger partial charge < -0.3 is 10.2 Å². The molecular formula is C22H24ClN5O2S2. The Morgan fingerprint density at radius 1 is 1.28 bits per heavy atom. The highest BCUT2D eigenvalue weighted by molar-refractivity contribution is 8.00. The zero-order valence-electron chi connectivity index (χ0n) is 18.3. The molecule has 3 aromatic rings. The van der Waals surface area contributed by atoms with Crippen LogP contribution in [0, 0.1) is 20.8 Å². The van der Waals surface area contributed by atoms with Crippen LogP contribution in [0.5, 0.6) is 0 Å². The Bertz CT molecular complexity index is 1190. The van der Waals surface area contributed by atoms with Crippen molar-refractivity contribution in [2.75, 3.05) is 18.8 Å². The molecule has 0 aliphatic carbocycles. The zero-order valence-corrected chi connectivity index (χ0v) is 20.7. The predicted molar refractivity (Wildman–Crippen MR) is 130 cm³/mol. The number of benzene rings is 1. The Kier molecular flexibility index (Phi) is 6.60. The molecule has 10 heteroatoms. The van der Waals surface area contributed by atoms with Crippen LogP contribution in [0.15, 0.2) is 24.3 Å². The monoisotopic (exact) mass is 489 g/mol. The first-order valence-electron chi connectivity index (χ1n) is 10.2. The van der Waals surface area contributed by atoms with Gasteiger partial charge in [0.2, 0.25) is 0 Å². The molecule has 0 radical (unpaired) electrons. The number of halogens is 1. The molecule has 1 atom stereocenters. The molecule has 168 valence electrons. The molecule has 3 heterocycles. The van der Waals surface area contributed by atoms with Crippen LogP contribution in [0.3, 0.4) is 0 Å². The SMILES string of the molecule is Cc1cccc(-c2sc(C)nc2C(=O)N2CCSC2CNC(=O)c2c(C)nn(C)c2Cl)c1. The summed E-state index contributed by atoms with van der Waals surface area (Å²) >= 11 is 9.39. The van der Waals surface area contributed by atoms with Crippen molar-refractivity contribution >= 4 is 46.5 Å². The van der Waals surface area contributed by atoms with E-state index in [9.17, 15) is 9.59 Å². The number of thiazole rings is 1. The maximum atomic E-state index is 13.5. The lowest BCUT2D eigenvalue weighted by Crippen LogP contribution is -2.42. The molecule has 1 unspecified atom stereocenters. The number of aryl methyl sites for hydroxylation is 4. The van der Waals surface area contributed by atoms with Crippen molar-refractivity contribution in [1.82, 2.24) is 25.0 Å². The first-order valence-corrected chi connectivity index (χ1v) is 12.4. The summed E-state index contributed by atoms with van der Waals surface area (Å²) < 4.78 is 1.48. The Morgan fingerprint density at radius 3 is 2.75 bits per heavy atom. The third-order valence-corrected chi connectivity index (χ3v) is 7.96. The van der Waals surface area contributed by atoms with Crippen LogP contribution >= 0.6 is 34.7 Å². The van der Waals surface area contributed by atoms with Gasteiger partial charge >= 0.3 is 0 Å². The summed E-state index contributed by atoms with van der Waals surface area (Å²) in [5.74, 6) is 0.415. The second kappa shape index (κ2) is 9.25. The highest BCUT2D eigenvalue weighted by Crippen LogP contribution is 2.34. The van der Waals surface area contributed by atoms with Crippen molar-refractivity contribution in [2.24, 2.45) is 7.05 Å². The van der Waals surface area contributed by atoms with E-state index in [4.69, 9.17) is 11.6 Å². The van der Waals surface area contributed by atoms with Crippen LogP contribution in [0.1, 0.15) is 37.1 Å². The molecule has 1 N–H and O–H groups in total. The summed E-state index contributed by atoms with van der Waals surface area (Å²) in [7, 11) is 1.70. The minimum atomic E-state index is -0.287. The topological polar surface area (TPSA) is 80.1 Å². The number of nitrogens with one attached hydrogen (secondary N) is 1. The molecule has 32 heavy (non-hydrogen) atoms. The van der Waals surface area contributed by atoms with E-state index in [-0.39, 0.29) is 17.2 Å². The molecule has 2 amide bonds. The van der Waals surface area contributed by atoms with Gasteiger partial charge in [0.15, 0.2) is 0 Å². The summed E-state index contributed by atoms with van der Waals surface area (Å²) in [5, 5.41) is 8.09. The average molecular weight is 490 g/mol. The molecule has 0 saturated carbocycles. The maximum absolute atomic E-state index is 13.5. The average Bonchev–Trinajstić information content (AvgIpc) is 3.44. The Labute approximate surface area is 200 Å². The molecular weight excluding hydrogens is 466 g/mol. The molecule has 0 spiro atoms. The number of carbonyl (C=O) groups excluding carboxylic acids is 2. The summed E-state index contributed by atoms with van der Waals surface area (Å²) in [6.45, 7) is 6.63. The Balaban J connectivity index is 1.52. The van der Waals surface area contributed by atoms with Crippen molar-refractivity contribution in [3.63, 3.8) is 0 Å². The van der Waals surface area contributed by atoms with E-state index in [0.717, 1.165) is 26.8 Å². The highest BCUT2D eigenvalue weighted by Gasteiger charge is 2.33. The van der Waals surface area contributed by atoms with Gasteiger partial charge in [-0.2, -0.15) is 5.10 Å². The highest BCUT2D eigenvalue weighted by atomic mass is 35.5. The van der Waals surface area contributed by atoms with Crippen LogP contribution in [-0.4, -0.2) is 55.7 Å². The first-order chi connectivity index (χ1) is 15.3. The van der Waals surface area contributed by atoms with Gasteiger partial charge in [0.25, 0.3) is 11.8 Å². The molecule has 4 rings (SSSR count). The quantitative estimate of drug-likeness (QED) is 0.584. The number of thioether (sulfide) groups is 1. The number of hydrogen-bond donors (Lipinski definition) is 1. The number of hydrogen-bond acceptors (Lipinski definition) is 6. The third-order valence-electron chi connectivity index (χ3n) is 5.28. The van der Waals surface area contributed by atoms with Gasteiger partial charge in [0, 0.05) is 25.9 Å². The Morgan fingerprint density at radius 2 is 2.06 bits per heavy atom. The van der Waals surface area contributed by atoms with Gasteiger partial charge in [-0.3, -0.25) is 14.3 Å². The standard InChI is InChI=1S/C22H24ClN5O2S2/c1-12-6-5-7-15(10-12)19-18(25-14(3)32-19)22(30)28-8-9-31-16(28)11-24-21(29)17-13(2)26-27(4)20(17)23/h5-7,10,16H,8-9,11H2,1-4H3,(H,24,29). The zero-order chi connectivity index (χ0) is 23.0. The van der Waals surface area contributed by atoms with Crippen molar-refractivity contribution < 1.29 is 9.59 Å². The van der Waals surface area contributed by atoms with E-state index >= 15 is 0 Å². The van der Waals surface area contributed by atoms with Crippen LogP contribution in [0.2, 0.25) is 5.15 Å². The molecule has 1 aliphatic heterocycles. The number of amides is 2. The smallest absolute Gasteiger partial charge is 0.274 e. The van der Waals surface area contributed by atoms with E-state index < -0.39 is 0 Å². The number of aromatic nitrogens is 3. The molecule has 1 saturated heterocycles. The molecule has 0 bridgehead atoms. The van der Waals surface area contributed by atoms with Crippen LogP contribution < -0.4 is 5.32 Å². The second-order valence-electron chi connectivity index (χ2n) is 7.69. The number of carbonyl (C=O) groups is 2. The molecule has 1 aromatic carbocycles. The Hall–Kier alpha value is -2.36. The molecule has 7 nitrogen and oxygen atoms in total. The fourth-order valence-corrected chi connectivity index (χ4v) is 6.09. The minimum Gasteiger partial charge on any atom is -0.349 e. The van der Waals surface area contributed by atoms with Gasteiger partial charge in [0.1, 0.15) is 10.8 Å². The largest absolute Gasteiger partial charge is 0.349 e. The lowest BCUT2D eigenvalue weighted by molar-refractivity contribution is 0.0747. The second-order valence-corrected chi connectivity index (χ2v) is 10.5. The van der Waals surface area contributed by atoms with E-state index in [2.05, 4.69) is 21.5 Å². The lowest BCUT2D eigenvalue weighted by atomic mass is 10.1. The van der Waals surface area contributed by atoms with Crippen molar-refractivity contribution in [3.05, 3.63) is 56.9 Å². The van der Waals surface area contributed by atoms with E-state index in [0.29, 0.717) is 35.2 Å². The summed E-state index contributed by atoms with van der Waals surface area (Å²) in [4.78, 5) is 33.4. The number of rotatable bonds is 5. The molecule has 1 aliphatic rings. The lowest BCUT2D eigenvalue weighted by Gasteiger charge is -2.23. The van der Waals surface area contributed by atoms with Crippen LogP contribution in [0.25, 0.3) is 10.4 Å². The summed E-state index contributed by atoms with van der Waals surface area (Å²) in [5.41, 5.74) is 3.55.